The Hall–Kier alpha value is 0.700. The zero-order chi connectivity index (χ0) is 5.86. The summed E-state index contributed by atoms with van der Waals surface area (Å²) in [5.74, 6) is 0. The van der Waals surface area contributed by atoms with E-state index in [1.54, 1.807) is 0 Å². The van der Waals surface area contributed by atoms with Crippen LogP contribution in [0.2, 0.25) is 0 Å². The summed E-state index contributed by atoms with van der Waals surface area (Å²) in [5, 5.41) is 0.986. The molecule has 2 unspecified atom stereocenters. The van der Waals surface area contributed by atoms with Crippen molar-refractivity contribution in [3.8, 4) is 0 Å². The lowest BCUT2D eigenvalue weighted by Gasteiger charge is -2.04. The minimum Gasteiger partial charge on any atom is -0.176 e. The van der Waals surface area contributed by atoms with Crippen LogP contribution >= 0.6 is 25.3 Å². The Bertz CT molecular complexity index is 35.3. The molecule has 0 fully saturated rings. The lowest BCUT2D eigenvalue weighted by atomic mass is 10.3. The van der Waals surface area contributed by atoms with E-state index in [0.29, 0.717) is 10.5 Å². The molecule has 0 aliphatic heterocycles. The smallest absolute Gasteiger partial charge is 0.000126 e. The summed E-state index contributed by atoms with van der Waals surface area (Å²) in [4.78, 5) is 0. The maximum absolute atomic E-state index is 4.19. The second-order valence-electron chi connectivity index (χ2n) is 1.93. The van der Waals surface area contributed by atoms with Crippen molar-refractivity contribution in [1.82, 2.24) is 0 Å². The highest BCUT2D eigenvalue weighted by Crippen LogP contribution is 2.07. The summed E-state index contributed by atoms with van der Waals surface area (Å²) < 4.78 is 0. The topological polar surface area (TPSA) is 0 Å². The average molecular weight is 136 g/mol. The molecule has 0 spiro atoms. The van der Waals surface area contributed by atoms with E-state index in [-0.39, 0.29) is 0 Å². The first-order valence-electron chi connectivity index (χ1n) is 2.49. The standard InChI is InChI=1S/C5H12S2/c1-4(6)3-5(2)7/h4-7H,3H2,1-2H3. The molecule has 0 N–H and O–H groups in total. The number of thiol groups is 2. The Kier molecular flexibility index (Phi) is 4.04. The zero-order valence-corrected chi connectivity index (χ0v) is 6.55. The van der Waals surface area contributed by atoms with Crippen LogP contribution in [0.5, 0.6) is 0 Å². The monoisotopic (exact) mass is 136 g/mol. The van der Waals surface area contributed by atoms with Gasteiger partial charge in [-0.15, -0.1) is 0 Å². The SMILES string of the molecule is CC(S)CC(C)S. The summed E-state index contributed by atoms with van der Waals surface area (Å²) in [6.45, 7) is 4.16. The molecule has 0 aromatic rings. The average Bonchev–Trinajstić information content (AvgIpc) is 1.27. The summed E-state index contributed by atoms with van der Waals surface area (Å²) >= 11 is 8.38. The van der Waals surface area contributed by atoms with Gasteiger partial charge >= 0.3 is 0 Å². The Morgan fingerprint density at radius 2 is 1.43 bits per heavy atom. The van der Waals surface area contributed by atoms with E-state index in [2.05, 4.69) is 39.1 Å². The Labute approximate surface area is 56.5 Å². The Balaban J connectivity index is 2.95. The fourth-order valence-electron chi connectivity index (χ4n) is 0.494. The first kappa shape index (κ1) is 7.70. The van der Waals surface area contributed by atoms with Gasteiger partial charge in [0.05, 0.1) is 0 Å². The van der Waals surface area contributed by atoms with E-state index >= 15 is 0 Å². The molecule has 0 nitrogen and oxygen atoms in total. The van der Waals surface area contributed by atoms with E-state index < -0.39 is 0 Å². The first-order chi connectivity index (χ1) is 3.13. The van der Waals surface area contributed by atoms with Crippen molar-refractivity contribution in [3.05, 3.63) is 0 Å². The summed E-state index contributed by atoms with van der Waals surface area (Å²) in [6, 6.07) is 0. The van der Waals surface area contributed by atoms with E-state index in [9.17, 15) is 0 Å². The quantitative estimate of drug-likeness (QED) is 0.533. The highest BCUT2D eigenvalue weighted by atomic mass is 32.1. The normalized spacial score (nSPS) is 18.9. The van der Waals surface area contributed by atoms with E-state index in [1.807, 2.05) is 0 Å². The molecule has 0 amide bonds. The van der Waals surface area contributed by atoms with Gasteiger partial charge in [-0.2, -0.15) is 25.3 Å². The molecule has 0 aliphatic carbocycles. The molecule has 0 rings (SSSR count). The van der Waals surface area contributed by atoms with Crippen molar-refractivity contribution in [2.75, 3.05) is 0 Å². The molecule has 0 bridgehead atoms. The maximum atomic E-state index is 4.19. The third-order valence-electron chi connectivity index (χ3n) is 0.682. The number of rotatable bonds is 2. The lowest BCUT2D eigenvalue weighted by Crippen LogP contribution is -1.99. The van der Waals surface area contributed by atoms with Gasteiger partial charge in [0.15, 0.2) is 0 Å². The molecule has 0 aromatic heterocycles. The van der Waals surface area contributed by atoms with Crippen LogP contribution in [0, 0.1) is 0 Å². The van der Waals surface area contributed by atoms with Crippen LogP contribution in [0.3, 0.4) is 0 Å². The van der Waals surface area contributed by atoms with Crippen molar-refractivity contribution in [1.29, 1.82) is 0 Å². The van der Waals surface area contributed by atoms with E-state index in [0.717, 1.165) is 6.42 Å². The van der Waals surface area contributed by atoms with Crippen LogP contribution < -0.4 is 0 Å². The fraction of sp³-hybridized carbons (Fsp3) is 1.00. The van der Waals surface area contributed by atoms with Crippen LogP contribution in [0.15, 0.2) is 0 Å². The fourth-order valence-corrected chi connectivity index (χ4v) is 1.29. The predicted molar refractivity (Wildman–Crippen MR) is 41.5 cm³/mol. The third-order valence-corrected chi connectivity index (χ3v) is 1.10. The van der Waals surface area contributed by atoms with Crippen LogP contribution in [0.25, 0.3) is 0 Å². The van der Waals surface area contributed by atoms with Gasteiger partial charge in [-0.3, -0.25) is 0 Å². The van der Waals surface area contributed by atoms with Crippen molar-refractivity contribution in [2.45, 2.75) is 30.8 Å². The predicted octanol–water partition coefficient (Wildman–Crippen LogP) is 2.01. The summed E-state index contributed by atoms with van der Waals surface area (Å²) in [7, 11) is 0. The highest BCUT2D eigenvalue weighted by molar-refractivity contribution is 7.81. The molecule has 2 heteroatoms. The van der Waals surface area contributed by atoms with Crippen molar-refractivity contribution in [3.63, 3.8) is 0 Å². The molecule has 0 saturated carbocycles. The summed E-state index contributed by atoms with van der Waals surface area (Å²) in [5.41, 5.74) is 0. The first-order valence-corrected chi connectivity index (χ1v) is 3.52. The third kappa shape index (κ3) is 6.70. The van der Waals surface area contributed by atoms with E-state index in [4.69, 9.17) is 0 Å². The Morgan fingerprint density at radius 1 is 1.14 bits per heavy atom. The molecule has 0 aromatic carbocycles. The van der Waals surface area contributed by atoms with Crippen LogP contribution in [0.1, 0.15) is 20.3 Å². The lowest BCUT2D eigenvalue weighted by molar-refractivity contribution is 0.812. The van der Waals surface area contributed by atoms with Gasteiger partial charge in [0.2, 0.25) is 0 Å². The molecule has 44 valence electrons. The minimum atomic E-state index is 0.493. The maximum Gasteiger partial charge on any atom is -0.000126 e. The molecule has 0 saturated heterocycles. The highest BCUT2D eigenvalue weighted by Gasteiger charge is 1.97. The van der Waals surface area contributed by atoms with Crippen molar-refractivity contribution < 1.29 is 0 Å². The molecular formula is C5H12S2. The van der Waals surface area contributed by atoms with Gasteiger partial charge in [-0.05, 0) is 16.9 Å². The van der Waals surface area contributed by atoms with E-state index in [1.165, 1.54) is 0 Å². The molecule has 0 aliphatic rings. The van der Waals surface area contributed by atoms with Crippen LogP contribution in [-0.4, -0.2) is 10.5 Å². The minimum absolute atomic E-state index is 0.493. The van der Waals surface area contributed by atoms with Crippen molar-refractivity contribution in [2.24, 2.45) is 0 Å². The van der Waals surface area contributed by atoms with Crippen LogP contribution in [0.4, 0.5) is 0 Å². The van der Waals surface area contributed by atoms with Gasteiger partial charge in [0, 0.05) is 0 Å². The van der Waals surface area contributed by atoms with Crippen LogP contribution in [-0.2, 0) is 0 Å². The molecule has 0 heterocycles. The molecule has 0 radical (unpaired) electrons. The van der Waals surface area contributed by atoms with Gasteiger partial charge < -0.3 is 0 Å². The zero-order valence-electron chi connectivity index (χ0n) is 4.76. The molecule has 2 atom stereocenters. The van der Waals surface area contributed by atoms with Gasteiger partial charge in [0.25, 0.3) is 0 Å². The van der Waals surface area contributed by atoms with Gasteiger partial charge in [-0.25, -0.2) is 0 Å². The molecular weight excluding hydrogens is 124 g/mol. The summed E-state index contributed by atoms with van der Waals surface area (Å²) in [6.07, 6.45) is 1.09. The second-order valence-corrected chi connectivity index (χ2v) is 3.70. The van der Waals surface area contributed by atoms with Gasteiger partial charge in [-0.1, -0.05) is 13.8 Å². The second kappa shape index (κ2) is 3.67. The Morgan fingerprint density at radius 3 is 1.43 bits per heavy atom. The molecule has 7 heavy (non-hydrogen) atoms. The largest absolute Gasteiger partial charge is 0.176 e. The number of hydrogen-bond donors (Lipinski definition) is 2. The number of hydrogen-bond acceptors (Lipinski definition) is 2. The van der Waals surface area contributed by atoms with Crippen molar-refractivity contribution >= 4 is 25.3 Å². The van der Waals surface area contributed by atoms with Gasteiger partial charge in [0.1, 0.15) is 0 Å².